The number of nitrogens with one attached hydrogen (secondary N) is 2. The lowest BCUT2D eigenvalue weighted by molar-refractivity contribution is -0.143. The summed E-state index contributed by atoms with van der Waals surface area (Å²) in [6.07, 6.45) is 0.922. The van der Waals surface area contributed by atoms with Gasteiger partial charge in [0.2, 0.25) is 0 Å². The quantitative estimate of drug-likeness (QED) is 0.742. The molecular formula is C11H16N6O2S. The van der Waals surface area contributed by atoms with Gasteiger partial charge in [0.25, 0.3) is 0 Å². The Labute approximate surface area is 120 Å². The lowest BCUT2D eigenvalue weighted by atomic mass is 10.2. The van der Waals surface area contributed by atoms with Gasteiger partial charge in [-0.1, -0.05) is 5.21 Å². The molecular weight excluding hydrogens is 280 g/mol. The molecule has 0 fully saturated rings. The van der Waals surface area contributed by atoms with Crippen LogP contribution >= 0.6 is 11.3 Å². The van der Waals surface area contributed by atoms with Gasteiger partial charge in [0.15, 0.2) is 11.0 Å². The summed E-state index contributed by atoms with van der Waals surface area (Å²) in [7, 11) is 0. The van der Waals surface area contributed by atoms with E-state index in [0.29, 0.717) is 25.3 Å². The molecule has 0 bridgehead atoms. The minimum absolute atomic E-state index is 0.0854. The van der Waals surface area contributed by atoms with Crippen LogP contribution < -0.4 is 5.32 Å². The van der Waals surface area contributed by atoms with Gasteiger partial charge in [-0.15, -0.1) is 21.5 Å². The van der Waals surface area contributed by atoms with Crippen molar-refractivity contribution in [2.24, 2.45) is 0 Å². The van der Waals surface area contributed by atoms with Crippen molar-refractivity contribution in [1.82, 2.24) is 25.6 Å². The fourth-order valence-corrected chi connectivity index (χ4v) is 2.39. The van der Waals surface area contributed by atoms with Gasteiger partial charge in [-0.3, -0.25) is 4.79 Å². The lowest BCUT2D eigenvalue weighted by Gasteiger charge is -2.07. The molecule has 0 radical (unpaired) electrons. The number of ether oxygens (including phenoxy) is 1. The number of hydrogen-bond acceptors (Lipinski definition) is 8. The lowest BCUT2D eigenvalue weighted by Crippen LogP contribution is -2.08. The van der Waals surface area contributed by atoms with Crippen LogP contribution in [-0.2, 0) is 16.0 Å². The van der Waals surface area contributed by atoms with Gasteiger partial charge in [-0.05, 0) is 13.8 Å². The Balaban J connectivity index is 1.84. The highest BCUT2D eigenvalue weighted by molar-refractivity contribution is 7.13. The van der Waals surface area contributed by atoms with E-state index in [4.69, 9.17) is 4.74 Å². The molecule has 0 aromatic carbocycles. The fourth-order valence-electron chi connectivity index (χ4n) is 1.55. The van der Waals surface area contributed by atoms with E-state index in [0.717, 1.165) is 10.8 Å². The first-order valence-electron chi connectivity index (χ1n) is 6.29. The first-order chi connectivity index (χ1) is 9.69. The Kier molecular flexibility index (Phi) is 4.99. The van der Waals surface area contributed by atoms with Crippen molar-refractivity contribution in [2.75, 3.05) is 11.9 Å². The van der Waals surface area contributed by atoms with Crippen LogP contribution in [-0.4, -0.2) is 38.2 Å². The molecule has 108 valence electrons. The molecule has 20 heavy (non-hydrogen) atoms. The topological polar surface area (TPSA) is 106 Å². The minimum Gasteiger partial charge on any atom is -0.466 e. The number of aromatic nitrogens is 5. The maximum Gasteiger partial charge on any atom is 0.306 e. The summed E-state index contributed by atoms with van der Waals surface area (Å²) in [5.74, 6) is 0.378. The van der Waals surface area contributed by atoms with Crippen LogP contribution in [0.2, 0.25) is 0 Å². The second kappa shape index (κ2) is 6.94. The van der Waals surface area contributed by atoms with Crippen LogP contribution in [0.25, 0.3) is 0 Å². The predicted octanol–water partition coefficient (Wildman–Crippen LogP) is 1.32. The Bertz CT molecular complexity index is 541. The zero-order chi connectivity index (χ0) is 14.4. The van der Waals surface area contributed by atoms with Crippen molar-refractivity contribution in [3.05, 3.63) is 16.9 Å². The van der Waals surface area contributed by atoms with Gasteiger partial charge in [0.1, 0.15) is 0 Å². The van der Waals surface area contributed by atoms with E-state index in [-0.39, 0.29) is 12.0 Å². The summed E-state index contributed by atoms with van der Waals surface area (Å²) in [6.45, 7) is 4.12. The highest BCUT2D eigenvalue weighted by atomic mass is 32.1. The summed E-state index contributed by atoms with van der Waals surface area (Å²) < 4.78 is 4.88. The molecule has 2 aromatic heterocycles. The standard InChI is InChI=1S/C11H16N6O2S/c1-3-19-9(18)5-4-8-6-20-11(13-8)12-7(2)10-14-16-17-15-10/h6-7H,3-5H2,1-2H3,(H,12,13)(H,14,15,16,17). The minimum atomic E-state index is -0.199. The molecule has 0 saturated heterocycles. The van der Waals surface area contributed by atoms with Crippen molar-refractivity contribution in [1.29, 1.82) is 0 Å². The van der Waals surface area contributed by atoms with Crippen LogP contribution in [0, 0.1) is 0 Å². The Morgan fingerprint density at radius 2 is 2.45 bits per heavy atom. The number of hydrogen-bond donors (Lipinski definition) is 2. The molecule has 2 heterocycles. The summed E-state index contributed by atoms with van der Waals surface area (Å²) in [5.41, 5.74) is 0.867. The molecule has 0 aliphatic rings. The molecule has 1 unspecified atom stereocenters. The molecule has 9 heteroatoms. The third-order valence-electron chi connectivity index (χ3n) is 2.53. The SMILES string of the molecule is CCOC(=O)CCc1csc(NC(C)c2nn[nH]n2)n1. The van der Waals surface area contributed by atoms with Crippen molar-refractivity contribution >= 4 is 22.4 Å². The Hall–Kier alpha value is -2.03. The Morgan fingerprint density at radius 3 is 3.15 bits per heavy atom. The first kappa shape index (κ1) is 14.4. The molecule has 0 aliphatic heterocycles. The van der Waals surface area contributed by atoms with E-state index in [1.165, 1.54) is 11.3 Å². The van der Waals surface area contributed by atoms with Crippen molar-refractivity contribution in [3.8, 4) is 0 Å². The van der Waals surface area contributed by atoms with Crippen LogP contribution in [0.5, 0.6) is 0 Å². The number of aromatic amines is 1. The first-order valence-corrected chi connectivity index (χ1v) is 7.17. The van der Waals surface area contributed by atoms with E-state index in [9.17, 15) is 4.79 Å². The number of thiazole rings is 1. The van der Waals surface area contributed by atoms with Crippen molar-refractivity contribution in [3.63, 3.8) is 0 Å². The molecule has 0 spiro atoms. The van der Waals surface area contributed by atoms with Crippen molar-refractivity contribution in [2.45, 2.75) is 32.7 Å². The highest BCUT2D eigenvalue weighted by Gasteiger charge is 2.12. The number of tetrazole rings is 1. The fraction of sp³-hybridized carbons (Fsp3) is 0.545. The highest BCUT2D eigenvalue weighted by Crippen LogP contribution is 2.21. The van der Waals surface area contributed by atoms with Crippen LogP contribution in [0.15, 0.2) is 5.38 Å². The molecule has 2 rings (SSSR count). The van der Waals surface area contributed by atoms with Gasteiger partial charge in [0, 0.05) is 11.8 Å². The molecule has 8 nitrogen and oxygen atoms in total. The number of aryl methyl sites for hydroxylation is 1. The second-order valence-corrected chi connectivity index (χ2v) is 4.94. The van der Waals surface area contributed by atoms with E-state index in [1.807, 2.05) is 12.3 Å². The number of nitrogens with zero attached hydrogens (tertiary/aromatic N) is 4. The number of H-pyrrole nitrogens is 1. The average molecular weight is 296 g/mol. The average Bonchev–Trinajstić information content (AvgIpc) is 3.08. The summed E-state index contributed by atoms with van der Waals surface area (Å²) in [6, 6.07) is -0.0854. The van der Waals surface area contributed by atoms with E-state index < -0.39 is 0 Å². The number of anilines is 1. The number of esters is 1. The smallest absolute Gasteiger partial charge is 0.306 e. The van der Waals surface area contributed by atoms with Crippen molar-refractivity contribution < 1.29 is 9.53 Å². The summed E-state index contributed by atoms with van der Waals surface area (Å²) >= 11 is 1.48. The number of carbonyl (C=O) groups is 1. The van der Waals surface area contributed by atoms with Gasteiger partial charge >= 0.3 is 5.97 Å². The molecule has 2 N–H and O–H groups in total. The zero-order valence-electron chi connectivity index (χ0n) is 11.3. The van der Waals surface area contributed by atoms with Crippen LogP contribution in [0.3, 0.4) is 0 Å². The van der Waals surface area contributed by atoms with Crippen LogP contribution in [0.4, 0.5) is 5.13 Å². The molecule has 0 aliphatic carbocycles. The Morgan fingerprint density at radius 1 is 1.60 bits per heavy atom. The zero-order valence-corrected chi connectivity index (χ0v) is 12.1. The molecule has 1 atom stereocenters. The van der Waals surface area contributed by atoms with Gasteiger partial charge in [0.05, 0.1) is 24.8 Å². The second-order valence-electron chi connectivity index (χ2n) is 4.09. The maximum atomic E-state index is 11.3. The van der Waals surface area contributed by atoms with Gasteiger partial charge in [-0.2, -0.15) is 5.21 Å². The summed E-state index contributed by atoms with van der Waals surface area (Å²) in [4.78, 5) is 15.7. The molecule has 2 aromatic rings. The van der Waals surface area contributed by atoms with Gasteiger partial charge < -0.3 is 10.1 Å². The third-order valence-corrected chi connectivity index (χ3v) is 3.35. The van der Waals surface area contributed by atoms with E-state index in [1.54, 1.807) is 6.92 Å². The van der Waals surface area contributed by atoms with E-state index in [2.05, 4.69) is 30.9 Å². The molecule has 0 saturated carbocycles. The molecule has 0 amide bonds. The summed E-state index contributed by atoms with van der Waals surface area (Å²) in [5, 5.41) is 19.6. The van der Waals surface area contributed by atoms with Gasteiger partial charge in [-0.25, -0.2) is 4.98 Å². The van der Waals surface area contributed by atoms with E-state index >= 15 is 0 Å². The maximum absolute atomic E-state index is 11.3. The predicted molar refractivity (Wildman–Crippen MR) is 73.3 cm³/mol. The largest absolute Gasteiger partial charge is 0.466 e. The number of rotatable bonds is 7. The third kappa shape index (κ3) is 3.98. The number of carbonyl (C=O) groups excluding carboxylic acids is 1. The normalized spacial score (nSPS) is 12.1. The van der Waals surface area contributed by atoms with Crippen LogP contribution in [0.1, 0.15) is 37.8 Å². The monoisotopic (exact) mass is 296 g/mol.